The van der Waals surface area contributed by atoms with Crippen molar-refractivity contribution in [2.45, 2.75) is 67.1 Å². The molecule has 0 saturated carbocycles. The number of benzene rings is 1. The molecule has 0 bridgehead atoms. The van der Waals surface area contributed by atoms with Gasteiger partial charge in [-0.2, -0.15) is 0 Å². The summed E-state index contributed by atoms with van der Waals surface area (Å²) in [5, 5.41) is 40.6. The zero-order chi connectivity index (χ0) is 32.0. The van der Waals surface area contributed by atoms with Crippen molar-refractivity contribution in [3.63, 3.8) is 0 Å². The smallest absolute Gasteiger partial charge is 0.333 e. The van der Waals surface area contributed by atoms with Gasteiger partial charge < -0.3 is 29.9 Å². The highest BCUT2D eigenvalue weighted by molar-refractivity contribution is 8.18. The van der Waals surface area contributed by atoms with Gasteiger partial charge in [-0.05, 0) is 37.5 Å². The Morgan fingerprint density at radius 3 is 1.64 bits per heavy atom. The summed E-state index contributed by atoms with van der Waals surface area (Å²) < 4.78 is 10.2. The van der Waals surface area contributed by atoms with Gasteiger partial charge >= 0.3 is 35.8 Å². The van der Waals surface area contributed by atoms with Crippen molar-refractivity contribution in [1.82, 2.24) is 0 Å². The second-order valence-corrected chi connectivity index (χ2v) is 12.3. The first-order chi connectivity index (χ1) is 19.5. The summed E-state index contributed by atoms with van der Waals surface area (Å²) in [6.45, 7) is 10.3. The van der Waals surface area contributed by atoms with E-state index < -0.39 is 85.5 Å². The van der Waals surface area contributed by atoms with Crippen LogP contribution in [0.3, 0.4) is 0 Å². The molecule has 0 amide bonds. The second-order valence-electron chi connectivity index (χ2n) is 9.93. The van der Waals surface area contributed by atoms with Crippen molar-refractivity contribution < 1.29 is 58.7 Å². The molecule has 2 unspecified atom stereocenters. The van der Waals surface area contributed by atoms with Gasteiger partial charge in [-0.1, -0.05) is 19.2 Å². The molecule has 42 heavy (non-hydrogen) atoms. The summed E-state index contributed by atoms with van der Waals surface area (Å²) in [4.78, 5) is 74.1. The van der Waals surface area contributed by atoms with Crippen LogP contribution >= 0.6 is 23.5 Å². The van der Waals surface area contributed by atoms with E-state index in [1.807, 2.05) is 0 Å². The molecule has 4 N–H and O–H groups in total. The van der Waals surface area contributed by atoms with Gasteiger partial charge in [0.15, 0.2) is 0 Å². The minimum absolute atomic E-state index is 0.0691. The maximum atomic E-state index is 12.8. The molecule has 0 spiro atoms. The molecule has 0 fully saturated rings. The van der Waals surface area contributed by atoms with Crippen LogP contribution in [0.5, 0.6) is 0 Å². The van der Waals surface area contributed by atoms with E-state index >= 15 is 0 Å². The number of aryl methyl sites for hydroxylation is 1. The van der Waals surface area contributed by atoms with Gasteiger partial charge in [-0.3, -0.25) is 19.2 Å². The molecule has 1 aromatic carbocycles. The van der Waals surface area contributed by atoms with Crippen LogP contribution in [0.15, 0.2) is 40.2 Å². The Hall–Kier alpha value is -3.78. The third-order valence-electron chi connectivity index (χ3n) is 6.78. The summed E-state index contributed by atoms with van der Waals surface area (Å²) in [5.74, 6) is -7.41. The number of rotatable bonds is 16. The Labute approximate surface area is 250 Å². The van der Waals surface area contributed by atoms with Crippen molar-refractivity contribution in [2.24, 2.45) is 0 Å². The first kappa shape index (κ1) is 34.4. The molecule has 1 aromatic rings. The number of hydrogen-bond donors (Lipinski definition) is 4. The maximum absolute atomic E-state index is 12.8. The zero-order valence-corrected chi connectivity index (χ0v) is 24.9. The summed E-state index contributed by atoms with van der Waals surface area (Å²) in [7, 11) is 0. The molecular formula is C28H32O12S2. The minimum Gasteiger partial charge on any atom is -0.481 e. The van der Waals surface area contributed by atoms with E-state index in [1.165, 1.54) is 38.6 Å². The Kier molecular flexibility index (Phi) is 11.4. The molecule has 0 saturated heterocycles. The molecule has 228 valence electrons. The van der Waals surface area contributed by atoms with E-state index in [-0.39, 0.29) is 27.8 Å². The number of fused-ring (bicyclic) bond motifs is 1. The summed E-state index contributed by atoms with van der Waals surface area (Å²) in [6.07, 6.45) is -2.58. The molecule has 0 radical (unpaired) electrons. The number of hydrogen-bond acceptors (Lipinski definition) is 10. The summed E-state index contributed by atoms with van der Waals surface area (Å²) in [6, 6.07) is 1.37. The van der Waals surface area contributed by atoms with Crippen LogP contribution in [0, 0.1) is 6.92 Å². The zero-order valence-electron chi connectivity index (χ0n) is 23.3. The fraction of sp³-hybridized carbons (Fsp3) is 0.429. The van der Waals surface area contributed by atoms with Crippen molar-refractivity contribution in [1.29, 1.82) is 0 Å². The molecule has 2 rings (SSSR count). The average molecular weight is 625 g/mol. The Bertz CT molecular complexity index is 1350. The van der Waals surface area contributed by atoms with Crippen LogP contribution in [0.4, 0.5) is 0 Å². The lowest BCUT2D eigenvalue weighted by atomic mass is 9.70. The van der Waals surface area contributed by atoms with Crippen molar-refractivity contribution >= 4 is 59.3 Å². The van der Waals surface area contributed by atoms with Crippen molar-refractivity contribution in [3.8, 4) is 0 Å². The first-order valence-corrected chi connectivity index (χ1v) is 14.5. The molecule has 2 atom stereocenters. The Morgan fingerprint density at radius 2 is 1.21 bits per heavy atom. The van der Waals surface area contributed by atoms with Gasteiger partial charge in [0.05, 0.1) is 26.1 Å². The quantitative estimate of drug-likeness (QED) is 0.153. The standard InChI is InChI=1S/C28H32O12S2/c1-14(2)23(33)39-8-6-27(25(35)36,11-18(29)30)17-10-16(5)20(22-21(17)41-13-42-22)28(26(37)38,12-19(31)32)7-9-40-24(34)15(3)4/h10H,1,3,6-9,11-13H2,2,4-5H3,(H,29,30)(H,31,32)(H,35,36)(H,37,38). The fourth-order valence-electron chi connectivity index (χ4n) is 4.75. The van der Waals surface area contributed by atoms with E-state index in [0.29, 0.717) is 14.9 Å². The van der Waals surface area contributed by atoms with Gasteiger partial charge in [0.25, 0.3) is 0 Å². The SMILES string of the molecule is C=C(C)C(=O)OCCC(CC(=O)O)(C(=O)O)c1cc(C)c(C(CCOC(=O)C(=C)C)(CC(=O)O)C(=O)O)c2c1SCS2. The van der Waals surface area contributed by atoms with Gasteiger partial charge in [-0.25, -0.2) is 9.59 Å². The average Bonchev–Trinajstić information content (AvgIpc) is 3.35. The molecule has 1 aliphatic heterocycles. The Morgan fingerprint density at radius 1 is 0.786 bits per heavy atom. The number of carbonyl (C=O) groups excluding carboxylic acids is 2. The highest BCUT2D eigenvalue weighted by atomic mass is 32.2. The van der Waals surface area contributed by atoms with E-state index in [0.717, 1.165) is 11.8 Å². The fourth-order valence-corrected chi connectivity index (χ4v) is 7.67. The van der Waals surface area contributed by atoms with Crippen molar-refractivity contribution in [2.75, 3.05) is 18.3 Å². The lowest BCUT2D eigenvalue weighted by molar-refractivity contribution is -0.153. The molecule has 0 aliphatic carbocycles. The van der Waals surface area contributed by atoms with Crippen LogP contribution < -0.4 is 0 Å². The molecule has 14 heteroatoms. The molecule has 0 aromatic heterocycles. The number of carbonyl (C=O) groups is 6. The largest absolute Gasteiger partial charge is 0.481 e. The molecular weight excluding hydrogens is 592 g/mol. The van der Waals surface area contributed by atoms with Crippen LogP contribution in [0.1, 0.15) is 56.2 Å². The van der Waals surface area contributed by atoms with E-state index in [4.69, 9.17) is 9.47 Å². The number of aliphatic carboxylic acids is 4. The normalized spacial score (nSPS) is 14.9. The highest BCUT2D eigenvalue weighted by Gasteiger charge is 2.50. The monoisotopic (exact) mass is 624 g/mol. The van der Waals surface area contributed by atoms with Gasteiger partial charge in [0, 0.05) is 38.9 Å². The number of ether oxygens (including phenoxy) is 2. The first-order valence-electron chi connectivity index (χ1n) is 12.5. The third kappa shape index (κ3) is 7.34. The van der Waals surface area contributed by atoms with Gasteiger partial charge in [0.2, 0.25) is 0 Å². The number of thioether (sulfide) groups is 2. The highest BCUT2D eigenvalue weighted by Crippen LogP contribution is 2.54. The summed E-state index contributed by atoms with van der Waals surface area (Å²) in [5.41, 5.74) is -3.62. The molecule has 1 heterocycles. The number of carboxylic acid groups (broad SMARTS) is 4. The van der Waals surface area contributed by atoms with Crippen LogP contribution in [-0.4, -0.2) is 74.5 Å². The minimum atomic E-state index is -2.08. The van der Waals surface area contributed by atoms with Crippen LogP contribution in [-0.2, 0) is 49.1 Å². The molecule has 1 aliphatic rings. The van der Waals surface area contributed by atoms with Crippen molar-refractivity contribution in [3.05, 3.63) is 47.1 Å². The number of esters is 2. The predicted molar refractivity (Wildman–Crippen MR) is 152 cm³/mol. The lowest BCUT2D eigenvalue weighted by Gasteiger charge is -2.35. The van der Waals surface area contributed by atoms with E-state index in [1.54, 1.807) is 0 Å². The summed E-state index contributed by atoms with van der Waals surface area (Å²) >= 11 is 2.33. The molecule has 12 nitrogen and oxygen atoms in total. The van der Waals surface area contributed by atoms with Gasteiger partial charge in [-0.15, -0.1) is 23.5 Å². The van der Waals surface area contributed by atoms with E-state index in [9.17, 15) is 49.2 Å². The van der Waals surface area contributed by atoms with Gasteiger partial charge in [0.1, 0.15) is 10.8 Å². The topological polar surface area (TPSA) is 202 Å². The Balaban J connectivity index is 2.80. The second kappa shape index (κ2) is 13.9. The lowest BCUT2D eigenvalue weighted by Crippen LogP contribution is -2.42. The third-order valence-corrected chi connectivity index (χ3v) is 9.26. The van der Waals surface area contributed by atoms with E-state index in [2.05, 4.69) is 13.2 Å². The van der Waals surface area contributed by atoms with Crippen LogP contribution in [0.25, 0.3) is 0 Å². The maximum Gasteiger partial charge on any atom is 0.333 e. The predicted octanol–water partition coefficient (Wildman–Crippen LogP) is 3.76. The van der Waals surface area contributed by atoms with Crippen LogP contribution in [0.2, 0.25) is 0 Å². The number of carboxylic acids is 4.